The van der Waals surface area contributed by atoms with E-state index < -0.39 is 5.60 Å². The van der Waals surface area contributed by atoms with Gasteiger partial charge in [-0.3, -0.25) is 4.98 Å². The van der Waals surface area contributed by atoms with Crippen LogP contribution in [0.15, 0.2) is 36.2 Å². The molecule has 3 aromatic rings. The van der Waals surface area contributed by atoms with E-state index >= 15 is 0 Å². The topological polar surface area (TPSA) is 80.2 Å². The van der Waals surface area contributed by atoms with Crippen LogP contribution in [0.5, 0.6) is 0 Å². The molecule has 8 heteroatoms. The molecule has 0 unspecified atom stereocenters. The lowest BCUT2D eigenvalue weighted by Crippen LogP contribution is -2.42. The Labute approximate surface area is 193 Å². The molecular formula is C24H31N5O2S. The van der Waals surface area contributed by atoms with Crippen molar-refractivity contribution < 1.29 is 9.53 Å². The summed E-state index contributed by atoms with van der Waals surface area (Å²) >= 11 is 1.66. The molecule has 0 spiro atoms. The quantitative estimate of drug-likeness (QED) is 0.542. The average molecular weight is 454 g/mol. The second-order valence-electron chi connectivity index (χ2n) is 9.48. The Kier molecular flexibility index (Phi) is 6.60. The summed E-state index contributed by atoms with van der Waals surface area (Å²) in [6.45, 7) is 9.42. The summed E-state index contributed by atoms with van der Waals surface area (Å²) in [5.41, 5.74) is 2.66. The highest BCUT2D eigenvalue weighted by molar-refractivity contribution is 7.18. The van der Waals surface area contributed by atoms with Gasteiger partial charge in [0.25, 0.3) is 0 Å². The maximum absolute atomic E-state index is 12.3. The van der Waals surface area contributed by atoms with Crippen LogP contribution in [-0.2, 0) is 4.74 Å². The zero-order valence-corrected chi connectivity index (χ0v) is 20.0. The zero-order valence-electron chi connectivity index (χ0n) is 19.2. The fraction of sp³-hybridized carbons (Fsp3) is 0.500. The van der Waals surface area contributed by atoms with Crippen LogP contribution in [0.1, 0.15) is 47.0 Å². The second kappa shape index (κ2) is 9.40. The number of aromatic nitrogens is 3. The van der Waals surface area contributed by atoms with E-state index in [2.05, 4.69) is 38.6 Å². The minimum absolute atomic E-state index is 0.201. The molecule has 0 aliphatic carbocycles. The molecule has 1 amide bonds. The van der Waals surface area contributed by atoms with Crippen molar-refractivity contribution in [2.24, 2.45) is 5.92 Å². The molecule has 4 heterocycles. The van der Waals surface area contributed by atoms with Gasteiger partial charge in [0.2, 0.25) is 0 Å². The summed E-state index contributed by atoms with van der Waals surface area (Å²) < 4.78 is 6.57. The lowest BCUT2D eigenvalue weighted by atomic mass is 9.91. The van der Waals surface area contributed by atoms with Gasteiger partial charge in [-0.2, -0.15) is 0 Å². The second-order valence-corrected chi connectivity index (χ2v) is 10.4. The first-order valence-electron chi connectivity index (χ1n) is 11.2. The highest BCUT2D eigenvalue weighted by atomic mass is 32.1. The number of nitrogens with one attached hydrogen (secondary N) is 1. The van der Waals surface area contributed by atoms with Crippen molar-refractivity contribution in [2.75, 3.05) is 18.4 Å². The molecule has 7 nitrogen and oxygen atoms in total. The number of carbonyl (C=O) groups excluding carboxylic acids is 1. The van der Waals surface area contributed by atoms with Crippen LogP contribution in [0.25, 0.3) is 21.3 Å². The van der Waals surface area contributed by atoms with Crippen LogP contribution in [0, 0.1) is 5.92 Å². The van der Waals surface area contributed by atoms with Crippen molar-refractivity contribution in [3.8, 4) is 11.1 Å². The van der Waals surface area contributed by atoms with Crippen LogP contribution in [0.4, 0.5) is 10.6 Å². The van der Waals surface area contributed by atoms with Gasteiger partial charge in [-0.05, 0) is 58.9 Å². The molecule has 1 N–H and O–H groups in total. The summed E-state index contributed by atoms with van der Waals surface area (Å²) in [5, 5.41) is 5.72. The van der Waals surface area contributed by atoms with Gasteiger partial charge in [0, 0.05) is 48.0 Å². The normalized spacial score (nSPS) is 16.2. The highest BCUT2D eigenvalue weighted by Crippen LogP contribution is 2.35. The first-order chi connectivity index (χ1) is 15.3. The van der Waals surface area contributed by atoms with Gasteiger partial charge < -0.3 is 15.0 Å². The fourth-order valence-electron chi connectivity index (χ4n) is 4.15. The van der Waals surface area contributed by atoms with Gasteiger partial charge in [-0.15, -0.1) is 11.3 Å². The van der Waals surface area contributed by atoms with Gasteiger partial charge in [0.05, 0.1) is 10.2 Å². The van der Waals surface area contributed by atoms with Crippen molar-refractivity contribution in [3.63, 3.8) is 0 Å². The van der Waals surface area contributed by atoms with Crippen LogP contribution in [0.2, 0.25) is 0 Å². The number of thiophene rings is 1. The van der Waals surface area contributed by atoms with Gasteiger partial charge in [-0.25, -0.2) is 14.8 Å². The predicted molar refractivity (Wildman–Crippen MR) is 129 cm³/mol. The zero-order chi connectivity index (χ0) is 22.7. The summed E-state index contributed by atoms with van der Waals surface area (Å²) in [5.74, 6) is 1.46. The molecule has 0 saturated carbocycles. The number of carbonyl (C=O) groups is 1. The number of likely N-dealkylation sites (tertiary alicyclic amines) is 1. The van der Waals surface area contributed by atoms with E-state index in [0.29, 0.717) is 5.92 Å². The van der Waals surface area contributed by atoms with Crippen molar-refractivity contribution in [1.82, 2.24) is 19.9 Å². The Morgan fingerprint density at radius 3 is 2.78 bits per heavy atom. The number of fused-ring (bicyclic) bond motifs is 1. The molecule has 0 aromatic carbocycles. The van der Waals surface area contributed by atoms with Gasteiger partial charge >= 0.3 is 6.09 Å². The van der Waals surface area contributed by atoms with Crippen molar-refractivity contribution >= 4 is 33.5 Å². The monoisotopic (exact) mass is 453 g/mol. The van der Waals surface area contributed by atoms with Crippen molar-refractivity contribution in [3.05, 3.63) is 36.2 Å². The van der Waals surface area contributed by atoms with Gasteiger partial charge in [0.1, 0.15) is 17.7 Å². The maximum Gasteiger partial charge on any atom is 0.410 e. The first kappa shape index (κ1) is 22.5. The molecule has 1 fully saturated rings. The minimum Gasteiger partial charge on any atom is -0.444 e. The molecule has 0 bridgehead atoms. The molecule has 1 saturated heterocycles. The fourth-order valence-corrected chi connectivity index (χ4v) is 5.13. The molecule has 1 atom stereocenters. The highest BCUT2D eigenvalue weighted by Gasteiger charge is 2.27. The summed E-state index contributed by atoms with van der Waals surface area (Å²) in [4.78, 5) is 27.4. The number of anilines is 1. The van der Waals surface area contributed by atoms with Crippen molar-refractivity contribution in [1.29, 1.82) is 0 Å². The number of nitrogens with zero attached hydrogens (tertiary/aromatic N) is 4. The van der Waals surface area contributed by atoms with Gasteiger partial charge in [-0.1, -0.05) is 6.07 Å². The van der Waals surface area contributed by atoms with Crippen LogP contribution in [-0.4, -0.2) is 50.7 Å². The number of rotatable bonds is 5. The Morgan fingerprint density at radius 2 is 2.09 bits per heavy atom. The molecule has 170 valence electrons. The van der Waals surface area contributed by atoms with Gasteiger partial charge in [0.15, 0.2) is 0 Å². The van der Waals surface area contributed by atoms with Crippen molar-refractivity contribution in [2.45, 2.75) is 58.6 Å². The molecule has 1 aliphatic heterocycles. The summed E-state index contributed by atoms with van der Waals surface area (Å²) in [7, 11) is 0. The molecular weight excluding hydrogens is 422 g/mol. The largest absolute Gasteiger partial charge is 0.444 e. The molecule has 3 aromatic heterocycles. The number of ether oxygens (including phenoxy) is 1. The maximum atomic E-state index is 12.3. The molecule has 0 radical (unpaired) electrons. The van der Waals surface area contributed by atoms with Crippen LogP contribution in [0.3, 0.4) is 0 Å². The molecule has 32 heavy (non-hydrogen) atoms. The van der Waals surface area contributed by atoms with Crippen LogP contribution >= 0.6 is 11.3 Å². The Morgan fingerprint density at radius 1 is 1.31 bits per heavy atom. The number of piperidine rings is 1. The number of hydrogen-bond donors (Lipinski definition) is 1. The van der Waals surface area contributed by atoms with E-state index in [-0.39, 0.29) is 12.1 Å². The number of amides is 1. The Balaban J connectivity index is 1.36. The molecule has 4 rings (SSSR count). The SMILES string of the molecule is C[C@@H](CC1CCN(C(=O)OC(C)(C)C)CC1)Nc1ncnc2c(-c3cccnc3)csc12. The first-order valence-corrected chi connectivity index (χ1v) is 12.0. The summed E-state index contributed by atoms with van der Waals surface area (Å²) in [6, 6.07) is 4.26. The minimum atomic E-state index is -0.450. The van der Waals surface area contributed by atoms with E-state index in [1.165, 1.54) is 0 Å². The third kappa shape index (κ3) is 5.35. The van der Waals surface area contributed by atoms with E-state index in [1.807, 2.05) is 37.9 Å². The van der Waals surface area contributed by atoms with E-state index in [9.17, 15) is 4.79 Å². The van der Waals surface area contributed by atoms with E-state index in [0.717, 1.165) is 59.5 Å². The Bertz CT molecular complexity index is 1060. The van der Waals surface area contributed by atoms with E-state index in [1.54, 1.807) is 23.9 Å². The number of pyridine rings is 1. The third-order valence-corrected chi connectivity index (χ3v) is 6.64. The predicted octanol–water partition coefficient (Wildman–Crippen LogP) is 5.59. The summed E-state index contributed by atoms with van der Waals surface area (Å²) in [6.07, 6.45) is 8.09. The van der Waals surface area contributed by atoms with E-state index in [4.69, 9.17) is 4.74 Å². The standard InChI is InChI=1S/C24H31N5O2S/c1-16(12-17-7-10-29(11-8-17)23(30)31-24(2,3)4)28-22-21-20(26-15-27-22)19(14-32-21)18-6-5-9-25-13-18/h5-6,9,13-17H,7-8,10-12H2,1-4H3,(H,26,27,28)/t16-/m0/s1. The lowest BCUT2D eigenvalue weighted by Gasteiger charge is -2.34. The number of hydrogen-bond acceptors (Lipinski definition) is 7. The smallest absolute Gasteiger partial charge is 0.410 e. The molecule has 1 aliphatic rings. The third-order valence-electron chi connectivity index (χ3n) is 5.66. The van der Waals surface area contributed by atoms with Crippen LogP contribution < -0.4 is 5.32 Å². The lowest BCUT2D eigenvalue weighted by molar-refractivity contribution is 0.0180. The Hall–Kier alpha value is -2.74. The average Bonchev–Trinajstić information content (AvgIpc) is 3.19.